The fourth-order valence-corrected chi connectivity index (χ4v) is 1.24. The number of nitrogens with two attached hydrogens (primary N) is 1. The molecule has 0 heterocycles. The summed E-state index contributed by atoms with van der Waals surface area (Å²) in [4.78, 5) is 11.2. The second kappa shape index (κ2) is 4.13. The lowest BCUT2D eigenvalue weighted by Gasteiger charge is -2.10. The van der Waals surface area contributed by atoms with Crippen molar-refractivity contribution in [2.75, 3.05) is 12.3 Å². The summed E-state index contributed by atoms with van der Waals surface area (Å²) in [6.45, 7) is 5.82. The van der Waals surface area contributed by atoms with Gasteiger partial charge in [0.2, 0.25) is 0 Å². The SMILES string of the molecule is CCOc1cc(C(C)=O)cc(C)c1N. The number of hydrogen-bond donors (Lipinski definition) is 1. The minimum atomic E-state index is 0.0223. The molecule has 0 aliphatic heterocycles. The van der Waals surface area contributed by atoms with Crippen molar-refractivity contribution in [3.05, 3.63) is 23.3 Å². The molecule has 0 radical (unpaired) electrons. The Labute approximate surface area is 83.9 Å². The second-order valence-corrected chi connectivity index (χ2v) is 3.19. The number of carbonyl (C=O) groups excluding carboxylic acids is 1. The van der Waals surface area contributed by atoms with E-state index in [0.29, 0.717) is 23.6 Å². The first-order valence-electron chi connectivity index (χ1n) is 4.60. The van der Waals surface area contributed by atoms with Crippen LogP contribution in [0.1, 0.15) is 29.8 Å². The Balaban J connectivity index is 3.20. The molecule has 0 fully saturated rings. The number of carbonyl (C=O) groups is 1. The van der Waals surface area contributed by atoms with Crippen LogP contribution >= 0.6 is 0 Å². The Bertz CT molecular complexity index is 359. The first-order valence-corrected chi connectivity index (χ1v) is 4.60. The second-order valence-electron chi connectivity index (χ2n) is 3.19. The van der Waals surface area contributed by atoms with Crippen LogP contribution in [0.3, 0.4) is 0 Å². The van der Waals surface area contributed by atoms with Crippen molar-refractivity contribution in [1.82, 2.24) is 0 Å². The van der Waals surface area contributed by atoms with Crippen molar-refractivity contribution in [2.45, 2.75) is 20.8 Å². The third-order valence-corrected chi connectivity index (χ3v) is 2.06. The molecule has 0 atom stereocenters. The molecule has 76 valence electrons. The molecule has 0 saturated heterocycles. The molecule has 0 amide bonds. The van der Waals surface area contributed by atoms with Gasteiger partial charge in [0.05, 0.1) is 12.3 Å². The van der Waals surface area contributed by atoms with Gasteiger partial charge in [0.1, 0.15) is 5.75 Å². The minimum Gasteiger partial charge on any atom is -0.492 e. The molecule has 0 aromatic heterocycles. The van der Waals surface area contributed by atoms with E-state index >= 15 is 0 Å². The van der Waals surface area contributed by atoms with Crippen molar-refractivity contribution < 1.29 is 9.53 Å². The van der Waals surface area contributed by atoms with Crippen molar-refractivity contribution in [3.63, 3.8) is 0 Å². The number of benzene rings is 1. The highest BCUT2D eigenvalue weighted by molar-refractivity contribution is 5.95. The largest absolute Gasteiger partial charge is 0.492 e. The molecule has 0 spiro atoms. The van der Waals surface area contributed by atoms with Gasteiger partial charge in [0, 0.05) is 5.56 Å². The van der Waals surface area contributed by atoms with E-state index in [-0.39, 0.29) is 5.78 Å². The van der Waals surface area contributed by atoms with E-state index in [4.69, 9.17) is 10.5 Å². The van der Waals surface area contributed by atoms with Gasteiger partial charge in [-0.1, -0.05) is 0 Å². The zero-order valence-corrected chi connectivity index (χ0v) is 8.76. The van der Waals surface area contributed by atoms with E-state index in [2.05, 4.69) is 0 Å². The molecule has 0 bridgehead atoms. The van der Waals surface area contributed by atoms with E-state index in [1.54, 1.807) is 12.1 Å². The van der Waals surface area contributed by atoms with Gasteiger partial charge in [-0.25, -0.2) is 0 Å². The zero-order valence-electron chi connectivity index (χ0n) is 8.76. The van der Waals surface area contributed by atoms with Crippen LogP contribution in [-0.4, -0.2) is 12.4 Å². The third-order valence-electron chi connectivity index (χ3n) is 2.06. The summed E-state index contributed by atoms with van der Waals surface area (Å²) in [6, 6.07) is 3.47. The third kappa shape index (κ3) is 2.05. The van der Waals surface area contributed by atoms with E-state index in [9.17, 15) is 4.79 Å². The Morgan fingerprint density at radius 3 is 2.64 bits per heavy atom. The summed E-state index contributed by atoms with van der Waals surface area (Å²) in [7, 11) is 0. The fourth-order valence-electron chi connectivity index (χ4n) is 1.24. The van der Waals surface area contributed by atoms with Gasteiger partial charge in [-0.15, -0.1) is 0 Å². The molecule has 1 aromatic carbocycles. The van der Waals surface area contributed by atoms with Crippen molar-refractivity contribution in [1.29, 1.82) is 0 Å². The van der Waals surface area contributed by atoms with E-state index in [1.165, 1.54) is 6.92 Å². The van der Waals surface area contributed by atoms with Gasteiger partial charge >= 0.3 is 0 Å². The quantitative estimate of drug-likeness (QED) is 0.591. The van der Waals surface area contributed by atoms with Crippen molar-refractivity contribution in [2.24, 2.45) is 0 Å². The number of rotatable bonds is 3. The average molecular weight is 193 g/mol. The number of aryl methyl sites for hydroxylation is 1. The summed E-state index contributed by atoms with van der Waals surface area (Å²) in [6.07, 6.45) is 0. The van der Waals surface area contributed by atoms with Crippen molar-refractivity contribution >= 4 is 11.5 Å². The lowest BCUT2D eigenvalue weighted by atomic mass is 10.1. The lowest BCUT2D eigenvalue weighted by Crippen LogP contribution is -2.02. The number of Topliss-reactive ketones (excluding diaryl/α,β-unsaturated/α-hetero) is 1. The number of anilines is 1. The molecule has 14 heavy (non-hydrogen) atoms. The molecule has 0 aliphatic carbocycles. The van der Waals surface area contributed by atoms with Crippen LogP contribution in [0.4, 0.5) is 5.69 Å². The molecule has 1 rings (SSSR count). The molecule has 1 aromatic rings. The minimum absolute atomic E-state index is 0.0223. The highest BCUT2D eigenvalue weighted by Crippen LogP contribution is 2.27. The normalized spacial score (nSPS) is 9.93. The summed E-state index contributed by atoms with van der Waals surface area (Å²) in [5, 5.41) is 0. The number of nitrogen functional groups attached to an aromatic ring is 1. The van der Waals surface area contributed by atoms with Crippen molar-refractivity contribution in [3.8, 4) is 5.75 Å². The molecule has 3 heteroatoms. The van der Waals surface area contributed by atoms with Gasteiger partial charge in [0.15, 0.2) is 5.78 Å². The zero-order chi connectivity index (χ0) is 10.7. The molecule has 2 N–H and O–H groups in total. The predicted molar refractivity (Wildman–Crippen MR) is 56.8 cm³/mol. The first kappa shape index (κ1) is 10.6. The van der Waals surface area contributed by atoms with Gasteiger partial charge < -0.3 is 10.5 Å². The maximum atomic E-state index is 11.2. The number of ketones is 1. The van der Waals surface area contributed by atoms with Crippen LogP contribution in [-0.2, 0) is 0 Å². The van der Waals surface area contributed by atoms with Gasteiger partial charge in [0.25, 0.3) is 0 Å². The Hall–Kier alpha value is -1.51. The summed E-state index contributed by atoms with van der Waals surface area (Å²) in [5.41, 5.74) is 7.92. The molecule has 0 aliphatic rings. The van der Waals surface area contributed by atoms with Crippen LogP contribution in [0.25, 0.3) is 0 Å². The Kier molecular flexibility index (Phi) is 3.12. The summed E-state index contributed by atoms with van der Waals surface area (Å²) >= 11 is 0. The van der Waals surface area contributed by atoms with E-state index in [1.807, 2.05) is 13.8 Å². The van der Waals surface area contributed by atoms with Gasteiger partial charge in [-0.2, -0.15) is 0 Å². The Morgan fingerprint density at radius 2 is 2.14 bits per heavy atom. The lowest BCUT2D eigenvalue weighted by molar-refractivity contribution is 0.101. The molecule has 3 nitrogen and oxygen atoms in total. The maximum absolute atomic E-state index is 11.2. The van der Waals surface area contributed by atoms with Crippen LogP contribution in [0.5, 0.6) is 5.75 Å². The highest BCUT2D eigenvalue weighted by Gasteiger charge is 2.08. The van der Waals surface area contributed by atoms with Gasteiger partial charge in [-0.05, 0) is 38.5 Å². The number of ether oxygens (including phenoxy) is 1. The average Bonchev–Trinajstić information content (AvgIpc) is 2.12. The number of hydrogen-bond acceptors (Lipinski definition) is 3. The standard InChI is InChI=1S/C11H15NO2/c1-4-14-10-6-9(8(3)13)5-7(2)11(10)12/h5-6H,4,12H2,1-3H3. The summed E-state index contributed by atoms with van der Waals surface area (Å²) in [5.74, 6) is 0.617. The molecule has 0 unspecified atom stereocenters. The van der Waals surface area contributed by atoms with Crippen LogP contribution < -0.4 is 10.5 Å². The highest BCUT2D eigenvalue weighted by atomic mass is 16.5. The summed E-state index contributed by atoms with van der Waals surface area (Å²) < 4.78 is 5.33. The molecule has 0 saturated carbocycles. The van der Waals surface area contributed by atoms with E-state index in [0.717, 1.165) is 5.56 Å². The van der Waals surface area contributed by atoms with Crippen LogP contribution in [0.15, 0.2) is 12.1 Å². The molecular weight excluding hydrogens is 178 g/mol. The molecular formula is C11H15NO2. The van der Waals surface area contributed by atoms with Crippen LogP contribution in [0, 0.1) is 6.92 Å². The monoisotopic (exact) mass is 193 g/mol. The van der Waals surface area contributed by atoms with Gasteiger partial charge in [-0.3, -0.25) is 4.79 Å². The van der Waals surface area contributed by atoms with E-state index < -0.39 is 0 Å². The smallest absolute Gasteiger partial charge is 0.159 e. The predicted octanol–water partition coefficient (Wildman–Crippen LogP) is 2.18. The maximum Gasteiger partial charge on any atom is 0.159 e. The Morgan fingerprint density at radius 1 is 1.50 bits per heavy atom. The first-order chi connectivity index (χ1) is 6.56. The fraction of sp³-hybridized carbons (Fsp3) is 0.364. The topological polar surface area (TPSA) is 52.3 Å². The van der Waals surface area contributed by atoms with Crippen LogP contribution in [0.2, 0.25) is 0 Å².